The van der Waals surface area contributed by atoms with Crippen LogP contribution in [0.2, 0.25) is 10.0 Å². The number of piperidine rings is 1. The largest absolute Gasteiger partial charge is 0.307 e. The van der Waals surface area contributed by atoms with E-state index in [4.69, 9.17) is 23.2 Å². The molecule has 0 radical (unpaired) electrons. The van der Waals surface area contributed by atoms with E-state index in [2.05, 4.69) is 24.2 Å². The Hall–Kier alpha value is -0.280. The number of nitrogens with zero attached hydrogens (tertiary/aromatic N) is 1. The van der Waals surface area contributed by atoms with Crippen molar-refractivity contribution < 1.29 is 0 Å². The molecule has 1 aliphatic heterocycles. The summed E-state index contributed by atoms with van der Waals surface area (Å²) in [6.07, 6.45) is 2.40. The minimum atomic E-state index is 0.267. The first-order valence-electron chi connectivity index (χ1n) is 6.46. The minimum Gasteiger partial charge on any atom is -0.307 e. The van der Waals surface area contributed by atoms with E-state index in [1.165, 1.54) is 25.9 Å². The van der Waals surface area contributed by atoms with Crippen LogP contribution in [0.1, 0.15) is 31.4 Å². The molecule has 100 valence electrons. The first-order chi connectivity index (χ1) is 8.56. The van der Waals surface area contributed by atoms with Crippen molar-refractivity contribution in [2.45, 2.75) is 31.8 Å². The van der Waals surface area contributed by atoms with E-state index in [1.807, 2.05) is 18.2 Å². The van der Waals surface area contributed by atoms with E-state index < -0.39 is 0 Å². The lowest BCUT2D eigenvalue weighted by atomic mass is 10.0. The number of rotatable bonds is 3. The molecule has 4 heteroatoms. The molecule has 2 nitrogen and oxygen atoms in total. The molecule has 0 spiro atoms. The quantitative estimate of drug-likeness (QED) is 0.911. The van der Waals surface area contributed by atoms with Crippen molar-refractivity contribution in [3.63, 3.8) is 0 Å². The van der Waals surface area contributed by atoms with E-state index in [0.29, 0.717) is 11.1 Å². The normalized spacial score (nSPS) is 20.0. The molecule has 0 saturated carbocycles. The molecule has 1 heterocycles. The van der Waals surface area contributed by atoms with Gasteiger partial charge in [0.1, 0.15) is 0 Å². The van der Waals surface area contributed by atoms with Gasteiger partial charge in [-0.2, -0.15) is 0 Å². The Morgan fingerprint density at radius 2 is 1.94 bits per heavy atom. The SMILES string of the molecule is CC(NC1CCN(C)CC1)c1ccc(Cl)cc1Cl. The average molecular weight is 287 g/mol. The third-order valence-corrected chi connectivity index (χ3v) is 4.20. The smallest absolute Gasteiger partial charge is 0.0468 e. The summed E-state index contributed by atoms with van der Waals surface area (Å²) >= 11 is 12.2. The molecule has 1 aromatic rings. The maximum atomic E-state index is 6.23. The summed E-state index contributed by atoms with van der Waals surface area (Å²) in [4.78, 5) is 2.37. The molecular weight excluding hydrogens is 267 g/mol. The lowest BCUT2D eigenvalue weighted by molar-refractivity contribution is 0.226. The van der Waals surface area contributed by atoms with Gasteiger partial charge in [0.2, 0.25) is 0 Å². The van der Waals surface area contributed by atoms with Crippen LogP contribution in [0.15, 0.2) is 18.2 Å². The predicted octanol–water partition coefficient (Wildman–Crippen LogP) is 3.74. The molecule has 1 fully saturated rings. The molecule has 0 aliphatic carbocycles. The van der Waals surface area contributed by atoms with Crippen LogP contribution in [0, 0.1) is 0 Å². The zero-order chi connectivity index (χ0) is 13.1. The highest BCUT2D eigenvalue weighted by atomic mass is 35.5. The summed E-state index contributed by atoms with van der Waals surface area (Å²) in [7, 11) is 2.18. The maximum absolute atomic E-state index is 6.23. The number of hydrogen-bond donors (Lipinski definition) is 1. The van der Waals surface area contributed by atoms with E-state index >= 15 is 0 Å². The Balaban J connectivity index is 1.97. The molecule has 0 bridgehead atoms. The molecule has 1 atom stereocenters. The summed E-state index contributed by atoms with van der Waals surface area (Å²) in [6, 6.07) is 6.57. The number of nitrogens with one attached hydrogen (secondary N) is 1. The number of likely N-dealkylation sites (tertiary alicyclic amines) is 1. The van der Waals surface area contributed by atoms with Gasteiger partial charge in [0.15, 0.2) is 0 Å². The van der Waals surface area contributed by atoms with Crippen LogP contribution in [-0.2, 0) is 0 Å². The fraction of sp³-hybridized carbons (Fsp3) is 0.571. The van der Waals surface area contributed by atoms with Crippen molar-refractivity contribution in [3.8, 4) is 0 Å². The summed E-state index contributed by atoms with van der Waals surface area (Å²) in [6.45, 7) is 4.49. The zero-order valence-electron chi connectivity index (χ0n) is 10.9. The molecule has 1 unspecified atom stereocenters. The number of hydrogen-bond acceptors (Lipinski definition) is 2. The molecule has 0 amide bonds. The maximum Gasteiger partial charge on any atom is 0.0468 e. The average Bonchev–Trinajstić information content (AvgIpc) is 2.32. The second kappa shape index (κ2) is 6.25. The van der Waals surface area contributed by atoms with E-state index in [0.717, 1.165) is 10.6 Å². The van der Waals surface area contributed by atoms with Crippen molar-refractivity contribution in [2.75, 3.05) is 20.1 Å². The van der Waals surface area contributed by atoms with Gasteiger partial charge in [-0.25, -0.2) is 0 Å². The molecule has 1 saturated heterocycles. The second-order valence-corrected chi connectivity index (χ2v) is 5.98. The van der Waals surface area contributed by atoms with Gasteiger partial charge in [0.25, 0.3) is 0 Å². The second-order valence-electron chi connectivity index (χ2n) is 5.13. The van der Waals surface area contributed by atoms with Crippen molar-refractivity contribution in [1.82, 2.24) is 10.2 Å². The van der Waals surface area contributed by atoms with Gasteiger partial charge in [0, 0.05) is 22.1 Å². The molecule has 0 aromatic heterocycles. The Bertz CT molecular complexity index is 401. The first kappa shape index (κ1) is 14.1. The van der Waals surface area contributed by atoms with Crippen LogP contribution in [0.5, 0.6) is 0 Å². The number of halogens is 2. The van der Waals surface area contributed by atoms with Crippen LogP contribution in [0.25, 0.3) is 0 Å². The van der Waals surface area contributed by atoms with Crippen LogP contribution < -0.4 is 5.32 Å². The summed E-state index contributed by atoms with van der Waals surface area (Å²) in [5, 5.41) is 5.10. The molecule has 1 aliphatic rings. The topological polar surface area (TPSA) is 15.3 Å². The van der Waals surface area contributed by atoms with E-state index in [1.54, 1.807) is 0 Å². The summed E-state index contributed by atoms with van der Waals surface area (Å²) in [5.74, 6) is 0. The highest BCUT2D eigenvalue weighted by Gasteiger charge is 2.19. The van der Waals surface area contributed by atoms with E-state index in [9.17, 15) is 0 Å². The van der Waals surface area contributed by atoms with Gasteiger partial charge in [-0.15, -0.1) is 0 Å². The van der Waals surface area contributed by atoms with Gasteiger partial charge < -0.3 is 10.2 Å². The fourth-order valence-corrected chi connectivity index (χ4v) is 3.04. The van der Waals surface area contributed by atoms with Crippen LogP contribution in [0.3, 0.4) is 0 Å². The van der Waals surface area contributed by atoms with Gasteiger partial charge in [-0.05, 0) is 57.6 Å². The van der Waals surface area contributed by atoms with Gasteiger partial charge >= 0.3 is 0 Å². The van der Waals surface area contributed by atoms with Crippen molar-refractivity contribution in [3.05, 3.63) is 33.8 Å². The lowest BCUT2D eigenvalue weighted by Crippen LogP contribution is -2.41. The predicted molar refractivity (Wildman–Crippen MR) is 78.5 cm³/mol. The fourth-order valence-electron chi connectivity index (χ4n) is 2.47. The molecule has 1 aromatic carbocycles. The van der Waals surface area contributed by atoms with E-state index in [-0.39, 0.29) is 6.04 Å². The molecule has 2 rings (SSSR count). The minimum absolute atomic E-state index is 0.267. The van der Waals surface area contributed by atoms with Crippen molar-refractivity contribution >= 4 is 23.2 Å². The lowest BCUT2D eigenvalue weighted by Gasteiger charge is -2.32. The van der Waals surface area contributed by atoms with Gasteiger partial charge in [-0.1, -0.05) is 29.3 Å². The standard InChI is InChI=1S/C14H20Cl2N2/c1-10(13-4-3-11(15)9-14(13)16)17-12-5-7-18(2)8-6-12/h3-4,9-10,12,17H,5-8H2,1-2H3. The van der Waals surface area contributed by atoms with Crippen molar-refractivity contribution in [1.29, 1.82) is 0 Å². The molecule has 18 heavy (non-hydrogen) atoms. The zero-order valence-corrected chi connectivity index (χ0v) is 12.4. The van der Waals surface area contributed by atoms with Crippen LogP contribution in [-0.4, -0.2) is 31.1 Å². The van der Waals surface area contributed by atoms with Crippen molar-refractivity contribution in [2.24, 2.45) is 0 Å². The third-order valence-electron chi connectivity index (χ3n) is 3.63. The monoisotopic (exact) mass is 286 g/mol. The Labute approximate surface area is 119 Å². The van der Waals surface area contributed by atoms with Crippen LogP contribution in [0.4, 0.5) is 0 Å². The van der Waals surface area contributed by atoms with Gasteiger partial charge in [0.05, 0.1) is 0 Å². The third kappa shape index (κ3) is 3.61. The first-order valence-corrected chi connectivity index (χ1v) is 7.21. The Kier molecular flexibility index (Phi) is 4.91. The molecule has 1 N–H and O–H groups in total. The van der Waals surface area contributed by atoms with Crippen LogP contribution >= 0.6 is 23.2 Å². The highest BCUT2D eigenvalue weighted by Crippen LogP contribution is 2.27. The summed E-state index contributed by atoms with van der Waals surface area (Å²) < 4.78 is 0. The number of benzene rings is 1. The Morgan fingerprint density at radius 3 is 2.56 bits per heavy atom. The summed E-state index contributed by atoms with van der Waals surface area (Å²) in [5.41, 5.74) is 1.12. The Morgan fingerprint density at radius 1 is 1.28 bits per heavy atom. The highest BCUT2D eigenvalue weighted by molar-refractivity contribution is 6.35. The van der Waals surface area contributed by atoms with Gasteiger partial charge in [-0.3, -0.25) is 0 Å². The molecular formula is C14H20Cl2N2.